The maximum atomic E-state index is 13.0. The summed E-state index contributed by atoms with van der Waals surface area (Å²) in [5.74, 6) is -0.253. The number of likely N-dealkylation sites (N-methyl/N-ethyl adjacent to an activating group) is 1. The molecule has 2 saturated heterocycles. The van der Waals surface area contributed by atoms with Gasteiger partial charge in [0.15, 0.2) is 0 Å². The molecular formula is C20H32N4O3. The van der Waals surface area contributed by atoms with Crippen molar-refractivity contribution in [1.29, 1.82) is 0 Å². The average Bonchev–Trinajstić information content (AvgIpc) is 3.30. The van der Waals surface area contributed by atoms with Crippen molar-refractivity contribution in [2.45, 2.75) is 69.4 Å². The van der Waals surface area contributed by atoms with Gasteiger partial charge in [0.05, 0.1) is 0 Å². The average molecular weight is 377 g/mol. The molecule has 4 amide bonds. The summed E-state index contributed by atoms with van der Waals surface area (Å²) in [6, 6.07) is 0.378. The Morgan fingerprint density at radius 1 is 0.963 bits per heavy atom. The van der Waals surface area contributed by atoms with E-state index in [1.807, 2.05) is 4.90 Å². The molecule has 1 spiro atoms. The van der Waals surface area contributed by atoms with Crippen molar-refractivity contribution in [3.05, 3.63) is 0 Å². The van der Waals surface area contributed by atoms with Gasteiger partial charge in [0.2, 0.25) is 5.91 Å². The van der Waals surface area contributed by atoms with E-state index < -0.39 is 5.54 Å². The number of carbonyl (C=O) groups excluding carboxylic acids is 3. The van der Waals surface area contributed by atoms with Gasteiger partial charge in [0.1, 0.15) is 12.1 Å². The van der Waals surface area contributed by atoms with Crippen molar-refractivity contribution in [1.82, 2.24) is 19.6 Å². The molecule has 4 fully saturated rings. The monoisotopic (exact) mass is 376 g/mol. The highest BCUT2D eigenvalue weighted by Crippen LogP contribution is 2.39. The van der Waals surface area contributed by atoms with Crippen LogP contribution in [0.1, 0.15) is 57.8 Å². The molecule has 0 aromatic rings. The first-order valence-corrected chi connectivity index (χ1v) is 10.6. The Morgan fingerprint density at radius 2 is 1.59 bits per heavy atom. The van der Waals surface area contributed by atoms with Crippen molar-refractivity contribution in [2.24, 2.45) is 0 Å². The third-order valence-corrected chi connectivity index (χ3v) is 7.29. The van der Waals surface area contributed by atoms with Gasteiger partial charge in [-0.3, -0.25) is 19.4 Å². The van der Waals surface area contributed by atoms with Gasteiger partial charge >= 0.3 is 6.03 Å². The SMILES string of the molecule is CN1C(=O)N(CC(=O)N2CCN(C3CCCC3)CC2)C(=O)C12CCCCC2. The third kappa shape index (κ3) is 3.24. The van der Waals surface area contributed by atoms with Crippen molar-refractivity contribution in [3.63, 3.8) is 0 Å². The lowest BCUT2D eigenvalue weighted by atomic mass is 9.81. The van der Waals surface area contributed by atoms with Crippen LogP contribution in [0.2, 0.25) is 0 Å². The van der Waals surface area contributed by atoms with Crippen LogP contribution in [0.4, 0.5) is 4.79 Å². The predicted octanol–water partition coefficient (Wildman–Crippen LogP) is 1.67. The van der Waals surface area contributed by atoms with Gasteiger partial charge in [0, 0.05) is 39.3 Å². The van der Waals surface area contributed by atoms with E-state index in [0.29, 0.717) is 19.1 Å². The Kier molecular flexibility index (Phi) is 5.14. The maximum absolute atomic E-state index is 13.0. The molecule has 2 aliphatic carbocycles. The van der Waals surface area contributed by atoms with Crippen LogP contribution in [-0.2, 0) is 9.59 Å². The standard InChI is InChI=1S/C20H32N4O3/c1-21-19(27)24(18(26)20(21)9-5-2-6-10-20)15-17(25)23-13-11-22(12-14-23)16-7-3-4-8-16/h16H,2-15H2,1H3. The van der Waals surface area contributed by atoms with Crippen molar-refractivity contribution in [2.75, 3.05) is 39.8 Å². The number of amides is 4. The Hall–Kier alpha value is -1.63. The minimum Gasteiger partial charge on any atom is -0.339 e. The fourth-order valence-electron chi connectivity index (χ4n) is 5.51. The molecule has 7 nitrogen and oxygen atoms in total. The number of hydrogen-bond acceptors (Lipinski definition) is 4. The van der Waals surface area contributed by atoms with Crippen LogP contribution in [0.25, 0.3) is 0 Å². The maximum Gasteiger partial charge on any atom is 0.327 e. The molecular weight excluding hydrogens is 344 g/mol. The number of carbonyl (C=O) groups is 3. The van der Waals surface area contributed by atoms with Crippen molar-refractivity contribution in [3.8, 4) is 0 Å². The number of hydrogen-bond donors (Lipinski definition) is 0. The molecule has 7 heteroatoms. The summed E-state index contributed by atoms with van der Waals surface area (Å²) in [6.45, 7) is 3.11. The lowest BCUT2D eigenvalue weighted by Gasteiger charge is -2.38. The van der Waals surface area contributed by atoms with Gasteiger partial charge in [-0.15, -0.1) is 0 Å². The summed E-state index contributed by atoms with van der Waals surface area (Å²) >= 11 is 0. The number of urea groups is 1. The van der Waals surface area contributed by atoms with Crippen LogP contribution < -0.4 is 0 Å². The molecule has 4 aliphatic rings. The summed E-state index contributed by atoms with van der Waals surface area (Å²) in [5.41, 5.74) is -0.698. The Bertz CT molecular complexity index is 602. The first-order chi connectivity index (χ1) is 13.0. The Labute approximate surface area is 161 Å². The molecule has 2 heterocycles. The molecule has 27 heavy (non-hydrogen) atoms. The van der Waals surface area contributed by atoms with E-state index in [0.717, 1.165) is 45.2 Å². The van der Waals surface area contributed by atoms with Gasteiger partial charge in [-0.05, 0) is 25.7 Å². The highest BCUT2D eigenvalue weighted by atomic mass is 16.2. The second kappa shape index (κ2) is 7.41. The molecule has 0 radical (unpaired) electrons. The molecule has 0 aromatic heterocycles. The van der Waals surface area contributed by atoms with Gasteiger partial charge < -0.3 is 9.80 Å². The third-order valence-electron chi connectivity index (χ3n) is 7.29. The number of imide groups is 1. The number of rotatable bonds is 3. The highest BCUT2D eigenvalue weighted by molar-refractivity contribution is 6.08. The van der Waals surface area contributed by atoms with Crippen LogP contribution in [0.5, 0.6) is 0 Å². The van der Waals surface area contributed by atoms with Crippen molar-refractivity contribution < 1.29 is 14.4 Å². The number of piperazine rings is 1. The molecule has 150 valence electrons. The molecule has 0 N–H and O–H groups in total. The zero-order valence-corrected chi connectivity index (χ0v) is 16.5. The molecule has 0 atom stereocenters. The minimum atomic E-state index is -0.698. The summed E-state index contributed by atoms with van der Waals surface area (Å²) in [7, 11) is 1.72. The summed E-state index contributed by atoms with van der Waals surface area (Å²) in [5, 5.41) is 0. The van der Waals surface area contributed by atoms with Crippen LogP contribution >= 0.6 is 0 Å². The van der Waals surface area contributed by atoms with E-state index in [9.17, 15) is 14.4 Å². The second-order valence-electron chi connectivity index (χ2n) is 8.68. The van der Waals surface area contributed by atoms with Gasteiger partial charge in [-0.1, -0.05) is 32.1 Å². The molecule has 0 unspecified atom stereocenters. The summed E-state index contributed by atoms with van der Waals surface area (Å²) < 4.78 is 0. The quantitative estimate of drug-likeness (QED) is 0.703. The van der Waals surface area contributed by atoms with Gasteiger partial charge in [0.25, 0.3) is 5.91 Å². The van der Waals surface area contributed by atoms with E-state index in [1.54, 1.807) is 11.9 Å². The predicted molar refractivity (Wildman–Crippen MR) is 101 cm³/mol. The second-order valence-corrected chi connectivity index (χ2v) is 8.68. The first-order valence-electron chi connectivity index (χ1n) is 10.6. The lowest BCUT2D eigenvalue weighted by molar-refractivity contribution is -0.141. The van der Waals surface area contributed by atoms with Gasteiger partial charge in [-0.2, -0.15) is 0 Å². The molecule has 4 rings (SSSR count). The molecule has 2 aliphatic heterocycles. The topological polar surface area (TPSA) is 64.2 Å². The Morgan fingerprint density at radius 3 is 2.22 bits per heavy atom. The smallest absolute Gasteiger partial charge is 0.327 e. The number of nitrogens with zero attached hydrogens (tertiary/aromatic N) is 4. The van der Waals surface area contributed by atoms with E-state index in [2.05, 4.69) is 4.90 Å². The van der Waals surface area contributed by atoms with E-state index in [1.165, 1.54) is 30.6 Å². The van der Waals surface area contributed by atoms with E-state index in [4.69, 9.17) is 0 Å². The molecule has 2 saturated carbocycles. The molecule has 0 bridgehead atoms. The highest BCUT2D eigenvalue weighted by Gasteiger charge is 2.56. The van der Waals surface area contributed by atoms with Crippen LogP contribution in [0, 0.1) is 0 Å². The zero-order valence-electron chi connectivity index (χ0n) is 16.5. The van der Waals surface area contributed by atoms with E-state index >= 15 is 0 Å². The molecule has 0 aromatic carbocycles. The van der Waals surface area contributed by atoms with E-state index in [-0.39, 0.29) is 24.4 Å². The normalized spacial score (nSPS) is 27.2. The lowest BCUT2D eigenvalue weighted by Crippen LogP contribution is -2.54. The summed E-state index contributed by atoms with van der Waals surface area (Å²) in [6.07, 6.45) is 9.68. The first kappa shape index (κ1) is 18.7. The van der Waals surface area contributed by atoms with Crippen LogP contribution in [-0.4, -0.2) is 88.8 Å². The van der Waals surface area contributed by atoms with Gasteiger partial charge in [-0.25, -0.2) is 4.79 Å². The largest absolute Gasteiger partial charge is 0.339 e. The fraction of sp³-hybridized carbons (Fsp3) is 0.850. The minimum absolute atomic E-state index is 0.0935. The Balaban J connectivity index is 1.35. The summed E-state index contributed by atoms with van der Waals surface area (Å²) in [4.78, 5) is 45.7. The zero-order chi connectivity index (χ0) is 19.0. The fourth-order valence-corrected chi connectivity index (χ4v) is 5.51. The van der Waals surface area contributed by atoms with Crippen LogP contribution in [0.15, 0.2) is 0 Å². The van der Waals surface area contributed by atoms with Crippen molar-refractivity contribution >= 4 is 17.8 Å². The van der Waals surface area contributed by atoms with Crippen LogP contribution in [0.3, 0.4) is 0 Å².